The first-order valence-electron chi connectivity index (χ1n) is 12.3. The van der Waals surface area contributed by atoms with Crippen LogP contribution in [0.25, 0.3) is 0 Å². The van der Waals surface area contributed by atoms with Crippen molar-refractivity contribution in [2.45, 2.75) is 50.9 Å². The van der Waals surface area contributed by atoms with E-state index >= 15 is 0 Å². The number of carboxylic acid groups (broad SMARTS) is 1. The van der Waals surface area contributed by atoms with Gasteiger partial charge in [-0.1, -0.05) is 5.21 Å². The molecule has 0 saturated carbocycles. The molecule has 6 amide bonds. The minimum absolute atomic E-state index is 0.0386. The zero-order chi connectivity index (χ0) is 30.5. The highest BCUT2D eigenvalue weighted by Crippen LogP contribution is 2.04. The van der Waals surface area contributed by atoms with E-state index in [2.05, 4.69) is 47.2 Å². The van der Waals surface area contributed by atoms with Crippen LogP contribution < -0.4 is 43.4 Å². The maximum atomic E-state index is 12.8. The van der Waals surface area contributed by atoms with Crippen LogP contribution in [0, 0.1) is 0 Å². The van der Waals surface area contributed by atoms with Gasteiger partial charge >= 0.3 is 5.97 Å². The van der Waals surface area contributed by atoms with Crippen molar-refractivity contribution in [2.24, 2.45) is 16.5 Å². The van der Waals surface area contributed by atoms with Gasteiger partial charge in [0.1, 0.15) is 24.7 Å². The molecule has 1 aliphatic heterocycles. The molecule has 0 aromatic carbocycles. The van der Waals surface area contributed by atoms with Gasteiger partial charge < -0.3 is 48.5 Å². The Kier molecular flexibility index (Phi) is 11.9. The smallest absolute Gasteiger partial charge is 0.305 e. The standard InChI is InChI=1S/C21H32N12O8/c1-10-18(39)29-11(3-2-4-24-21(22)23)19(40)26-7-15(35)28-12(5-17(37)38)20(41)30-13-8-33(32-31-13)9-16(36)25-6-14(34)27-10/h8,10-12H,2-7,9H2,1H3,(H,25,36)(H,26,40)(H,27,34)(H,28,35)(H,29,39)(H,30,41)(H,37,38)(H4,22,23,24)/t10-,11-,12-/m0/s1. The minimum Gasteiger partial charge on any atom is -0.481 e. The summed E-state index contributed by atoms with van der Waals surface area (Å²) in [5.74, 6) is -6.46. The molecule has 1 aromatic rings. The summed E-state index contributed by atoms with van der Waals surface area (Å²) in [6.45, 7) is -0.0544. The lowest BCUT2D eigenvalue weighted by Crippen LogP contribution is -2.55. The topological polar surface area (TPSA) is 307 Å². The lowest BCUT2D eigenvalue weighted by molar-refractivity contribution is -0.140. The zero-order valence-electron chi connectivity index (χ0n) is 22.0. The molecule has 0 saturated heterocycles. The molecule has 0 spiro atoms. The van der Waals surface area contributed by atoms with Crippen LogP contribution >= 0.6 is 0 Å². The number of nitrogens with two attached hydrogens (primary N) is 2. The summed E-state index contributed by atoms with van der Waals surface area (Å²) < 4.78 is 1.04. The molecule has 0 radical (unpaired) electrons. The Bertz CT molecular complexity index is 1190. The SMILES string of the molecule is C[C@@H]1NC(=O)CNC(=O)Cn2cc(nn2)NC(=O)[C@H](CC(=O)O)NC(=O)CNC(=O)[C@H](CCCN=C(N)N)NC1=O. The first kappa shape index (κ1) is 31.9. The average Bonchev–Trinajstić information content (AvgIpc) is 3.32. The predicted octanol–water partition coefficient (Wildman–Crippen LogP) is -5.53. The van der Waals surface area contributed by atoms with Crippen molar-refractivity contribution >= 4 is 53.2 Å². The molecule has 0 fully saturated rings. The fourth-order valence-electron chi connectivity index (χ4n) is 3.38. The third-order valence-electron chi connectivity index (χ3n) is 5.34. The molecule has 2 rings (SSSR count). The summed E-state index contributed by atoms with van der Waals surface area (Å²) in [7, 11) is 0. The molecule has 1 aromatic heterocycles. The molecule has 2 bridgehead atoms. The van der Waals surface area contributed by atoms with Crippen LogP contribution in [0.5, 0.6) is 0 Å². The summed E-state index contributed by atoms with van der Waals surface area (Å²) in [6.07, 6.45) is 0.654. The molecule has 20 nitrogen and oxygen atoms in total. The Labute approximate surface area is 232 Å². The number of aliphatic imine (C=N–C) groups is 1. The van der Waals surface area contributed by atoms with Crippen molar-refractivity contribution in [3.63, 3.8) is 0 Å². The van der Waals surface area contributed by atoms with E-state index in [1.54, 1.807) is 0 Å². The molecule has 224 valence electrons. The number of guanidine groups is 1. The third kappa shape index (κ3) is 11.5. The molecular formula is C21H32N12O8. The number of anilines is 1. The molecule has 0 aliphatic carbocycles. The highest BCUT2D eigenvalue weighted by molar-refractivity contribution is 5.99. The number of carbonyl (C=O) groups is 7. The molecule has 20 heteroatoms. The number of rotatable bonds is 6. The number of aliphatic carboxylic acids is 1. The summed E-state index contributed by atoms with van der Waals surface area (Å²) in [5.41, 5.74) is 10.6. The van der Waals surface area contributed by atoms with Crippen LogP contribution in [-0.2, 0) is 40.1 Å². The number of aromatic nitrogens is 3. The van der Waals surface area contributed by atoms with Crippen LogP contribution in [0.3, 0.4) is 0 Å². The summed E-state index contributed by atoms with van der Waals surface area (Å²) >= 11 is 0. The Hall–Kier alpha value is -5.30. The van der Waals surface area contributed by atoms with Crippen LogP contribution in [0.4, 0.5) is 5.82 Å². The molecule has 3 atom stereocenters. The van der Waals surface area contributed by atoms with Crippen molar-refractivity contribution in [3.8, 4) is 0 Å². The molecule has 11 N–H and O–H groups in total. The Morgan fingerprint density at radius 3 is 2.34 bits per heavy atom. The maximum absolute atomic E-state index is 12.8. The van der Waals surface area contributed by atoms with Crippen molar-refractivity contribution in [3.05, 3.63) is 6.20 Å². The number of hydrogen-bond acceptors (Lipinski definition) is 10. The number of carbonyl (C=O) groups excluding carboxylic acids is 6. The second-order valence-electron chi connectivity index (χ2n) is 8.80. The fraction of sp³-hybridized carbons (Fsp3) is 0.524. The van der Waals surface area contributed by atoms with E-state index in [9.17, 15) is 38.7 Å². The molecule has 41 heavy (non-hydrogen) atoms. The van der Waals surface area contributed by atoms with Gasteiger partial charge in [0.2, 0.25) is 35.4 Å². The van der Waals surface area contributed by atoms with E-state index in [-0.39, 0.29) is 31.2 Å². The molecule has 2 heterocycles. The first-order valence-corrected chi connectivity index (χ1v) is 12.3. The third-order valence-corrected chi connectivity index (χ3v) is 5.34. The summed E-state index contributed by atoms with van der Waals surface area (Å²) in [4.78, 5) is 90.1. The van der Waals surface area contributed by atoms with E-state index in [0.29, 0.717) is 0 Å². The number of fused-ring (bicyclic) bond motifs is 2. The van der Waals surface area contributed by atoms with Crippen LogP contribution in [0.2, 0.25) is 0 Å². The monoisotopic (exact) mass is 580 g/mol. The molecular weight excluding hydrogens is 548 g/mol. The van der Waals surface area contributed by atoms with Gasteiger partial charge in [-0.3, -0.25) is 38.6 Å². The van der Waals surface area contributed by atoms with E-state index in [4.69, 9.17) is 11.5 Å². The van der Waals surface area contributed by atoms with Crippen molar-refractivity contribution in [1.82, 2.24) is 41.6 Å². The van der Waals surface area contributed by atoms with Gasteiger partial charge in [0, 0.05) is 6.54 Å². The Morgan fingerprint density at radius 1 is 0.976 bits per heavy atom. The zero-order valence-corrected chi connectivity index (χ0v) is 22.0. The van der Waals surface area contributed by atoms with Gasteiger partial charge in [0.25, 0.3) is 0 Å². The minimum atomic E-state index is -1.56. The Balaban J connectivity index is 2.24. The first-order chi connectivity index (χ1) is 19.3. The van der Waals surface area contributed by atoms with E-state index in [1.165, 1.54) is 13.1 Å². The normalized spacial score (nSPS) is 21.5. The quantitative estimate of drug-likeness (QED) is 0.0864. The number of hydrogen-bond donors (Lipinski definition) is 9. The van der Waals surface area contributed by atoms with Crippen molar-refractivity contribution in [2.75, 3.05) is 25.0 Å². The van der Waals surface area contributed by atoms with Crippen molar-refractivity contribution in [1.29, 1.82) is 0 Å². The van der Waals surface area contributed by atoms with Gasteiger partial charge in [-0.2, -0.15) is 0 Å². The van der Waals surface area contributed by atoms with Gasteiger partial charge in [0.15, 0.2) is 11.8 Å². The van der Waals surface area contributed by atoms with E-state index < -0.39 is 85.6 Å². The van der Waals surface area contributed by atoms with Crippen LogP contribution in [0.1, 0.15) is 26.2 Å². The second kappa shape index (κ2) is 15.3. The van der Waals surface area contributed by atoms with Gasteiger partial charge in [-0.25, -0.2) is 4.68 Å². The highest BCUT2D eigenvalue weighted by Gasteiger charge is 2.27. The second-order valence-corrected chi connectivity index (χ2v) is 8.80. The molecule has 1 aliphatic rings. The van der Waals surface area contributed by atoms with Gasteiger partial charge in [-0.05, 0) is 19.8 Å². The largest absolute Gasteiger partial charge is 0.481 e. The van der Waals surface area contributed by atoms with Crippen LogP contribution in [-0.4, -0.2) is 105 Å². The van der Waals surface area contributed by atoms with Gasteiger partial charge in [0.05, 0.1) is 25.7 Å². The fourth-order valence-corrected chi connectivity index (χ4v) is 3.38. The van der Waals surface area contributed by atoms with E-state index in [0.717, 1.165) is 4.68 Å². The number of nitrogens with one attached hydrogen (secondary N) is 6. The lowest BCUT2D eigenvalue weighted by atomic mass is 10.1. The average molecular weight is 581 g/mol. The number of nitrogens with zero attached hydrogens (tertiary/aromatic N) is 4. The predicted molar refractivity (Wildman–Crippen MR) is 138 cm³/mol. The highest BCUT2D eigenvalue weighted by atomic mass is 16.4. The summed E-state index contributed by atoms with van der Waals surface area (Å²) in [5, 5.41) is 30.5. The Morgan fingerprint density at radius 2 is 1.66 bits per heavy atom. The van der Waals surface area contributed by atoms with Crippen molar-refractivity contribution < 1.29 is 38.7 Å². The maximum Gasteiger partial charge on any atom is 0.305 e. The molecule has 0 unspecified atom stereocenters. The lowest BCUT2D eigenvalue weighted by Gasteiger charge is -2.21. The van der Waals surface area contributed by atoms with E-state index in [1.807, 2.05) is 0 Å². The number of carboxylic acids is 1. The van der Waals surface area contributed by atoms with Crippen LogP contribution in [0.15, 0.2) is 11.2 Å². The van der Waals surface area contributed by atoms with Gasteiger partial charge in [-0.15, -0.1) is 5.10 Å². The summed E-state index contributed by atoms with van der Waals surface area (Å²) in [6, 6.07) is -3.86. The number of amides is 6.